The molecule has 2 N–H and O–H groups in total. The van der Waals surface area contributed by atoms with E-state index in [0.29, 0.717) is 6.07 Å². The van der Waals surface area contributed by atoms with Crippen LogP contribution < -0.4 is 5.73 Å². The number of aliphatic imine (C=N–C) groups is 1. The second-order valence-electron chi connectivity index (χ2n) is 3.79. The number of rotatable bonds is 2. The molecule has 21 heavy (non-hydrogen) atoms. The SMILES string of the molecule is NC(=NC(=O)c1cnccc1C(F)(F)F)c1ncccn1. The third-order valence-electron chi connectivity index (χ3n) is 2.37. The van der Waals surface area contributed by atoms with Gasteiger partial charge in [-0.2, -0.15) is 18.2 Å². The van der Waals surface area contributed by atoms with Crippen molar-refractivity contribution in [3.63, 3.8) is 0 Å². The number of pyridine rings is 1. The fraction of sp³-hybridized carbons (Fsp3) is 0.0833. The maximum atomic E-state index is 12.8. The number of aromatic nitrogens is 3. The van der Waals surface area contributed by atoms with E-state index in [4.69, 9.17) is 5.73 Å². The average Bonchev–Trinajstić information content (AvgIpc) is 2.47. The van der Waals surface area contributed by atoms with Gasteiger partial charge in [-0.05, 0) is 12.1 Å². The molecule has 0 spiro atoms. The van der Waals surface area contributed by atoms with Gasteiger partial charge in [0.25, 0.3) is 5.91 Å². The molecule has 0 saturated carbocycles. The van der Waals surface area contributed by atoms with Crippen LogP contribution in [0, 0.1) is 0 Å². The first-order valence-electron chi connectivity index (χ1n) is 5.56. The van der Waals surface area contributed by atoms with Crippen molar-refractivity contribution in [2.45, 2.75) is 6.18 Å². The number of alkyl halides is 3. The van der Waals surface area contributed by atoms with Gasteiger partial charge in [-0.25, -0.2) is 9.97 Å². The van der Waals surface area contributed by atoms with Gasteiger partial charge in [-0.15, -0.1) is 0 Å². The van der Waals surface area contributed by atoms with Crippen molar-refractivity contribution in [3.05, 3.63) is 53.9 Å². The van der Waals surface area contributed by atoms with Crippen molar-refractivity contribution in [1.29, 1.82) is 0 Å². The average molecular weight is 295 g/mol. The van der Waals surface area contributed by atoms with E-state index in [0.717, 1.165) is 12.4 Å². The van der Waals surface area contributed by atoms with Crippen LogP contribution in [0.3, 0.4) is 0 Å². The lowest BCUT2D eigenvalue weighted by Gasteiger charge is -2.09. The molecule has 0 atom stereocenters. The molecule has 0 fully saturated rings. The summed E-state index contributed by atoms with van der Waals surface area (Å²) in [6.45, 7) is 0. The molecule has 1 amide bonds. The first-order chi connectivity index (χ1) is 9.89. The lowest BCUT2D eigenvalue weighted by atomic mass is 10.1. The number of nitrogens with two attached hydrogens (primary N) is 1. The standard InChI is InChI=1S/C12H8F3N5O/c13-12(14,15)8-2-5-17-6-7(8)11(21)20-9(16)10-18-3-1-4-19-10/h1-6H,(H2,16,20,21). The van der Waals surface area contributed by atoms with E-state index in [1.807, 2.05) is 0 Å². The second-order valence-corrected chi connectivity index (χ2v) is 3.79. The third-order valence-corrected chi connectivity index (χ3v) is 2.37. The minimum Gasteiger partial charge on any atom is -0.380 e. The summed E-state index contributed by atoms with van der Waals surface area (Å²) in [5.74, 6) is -1.60. The summed E-state index contributed by atoms with van der Waals surface area (Å²) in [6.07, 6.45) is -0.247. The normalized spacial score (nSPS) is 12.2. The summed E-state index contributed by atoms with van der Waals surface area (Å²) in [5, 5.41) is 0. The molecule has 9 heteroatoms. The zero-order valence-corrected chi connectivity index (χ0v) is 10.4. The molecule has 0 bridgehead atoms. The Morgan fingerprint density at radius 1 is 1.19 bits per heavy atom. The van der Waals surface area contributed by atoms with Gasteiger partial charge in [-0.1, -0.05) is 0 Å². The molecule has 0 aliphatic heterocycles. The van der Waals surface area contributed by atoms with Gasteiger partial charge < -0.3 is 5.73 Å². The molecule has 2 aromatic rings. The topological polar surface area (TPSA) is 94.1 Å². The fourth-order valence-corrected chi connectivity index (χ4v) is 1.46. The summed E-state index contributed by atoms with van der Waals surface area (Å²) in [4.78, 5) is 26.2. The number of hydrogen-bond donors (Lipinski definition) is 1. The van der Waals surface area contributed by atoms with Gasteiger partial charge in [-0.3, -0.25) is 9.78 Å². The summed E-state index contributed by atoms with van der Waals surface area (Å²) < 4.78 is 38.4. The third kappa shape index (κ3) is 3.38. The molecule has 0 aliphatic rings. The van der Waals surface area contributed by atoms with Crippen LogP contribution in [0.1, 0.15) is 21.7 Å². The van der Waals surface area contributed by atoms with Crippen molar-refractivity contribution in [1.82, 2.24) is 15.0 Å². The van der Waals surface area contributed by atoms with E-state index in [9.17, 15) is 18.0 Å². The van der Waals surface area contributed by atoms with Crippen LogP contribution in [0.25, 0.3) is 0 Å². The molecule has 6 nitrogen and oxygen atoms in total. The summed E-state index contributed by atoms with van der Waals surface area (Å²) in [5.41, 5.74) is 3.67. The van der Waals surface area contributed by atoms with Crippen LogP contribution in [0.4, 0.5) is 13.2 Å². The minimum absolute atomic E-state index is 0.0525. The lowest BCUT2D eigenvalue weighted by Crippen LogP contribution is -2.20. The minimum atomic E-state index is -4.69. The summed E-state index contributed by atoms with van der Waals surface area (Å²) >= 11 is 0. The molecular formula is C12H8F3N5O. The summed E-state index contributed by atoms with van der Waals surface area (Å²) in [7, 11) is 0. The predicted molar refractivity (Wildman–Crippen MR) is 66.3 cm³/mol. The molecule has 2 rings (SSSR count). The van der Waals surface area contributed by atoms with E-state index >= 15 is 0 Å². The zero-order valence-electron chi connectivity index (χ0n) is 10.4. The Kier molecular flexibility index (Phi) is 3.92. The fourth-order valence-electron chi connectivity index (χ4n) is 1.46. The Labute approximate surface area is 116 Å². The Hall–Kier alpha value is -2.84. The number of halogens is 3. The van der Waals surface area contributed by atoms with Gasteiger partial charge in [0.05, 0.1) is 11.1 Å². The first-order valence-corrected chi connectivity index (χ1v) is 5.56. The number of carbonyl (C=O) groups excluding carboxylic acids is 1. The largest absolute Gasteiger partial charge is 0.417 e. The molecule has 2 heterocycles. The highest BCUT2D eigenvalue weighted by atomic mass is 19.4. The van der Waals surface area contributed by atoms with Crippen LogP contribution in [-0.4, -0.2) is 26.7 Å². The van der Waals surface area contributed by atoms with Crippen LogP contribution in [0.2, 0.25) is 0 Å². The number of nitrogens with zero attached hydrogens (tertiary/aromatic N) is 4. The number of hydrogen-bond acceptors (Lipinski definition) is 4. The van der Waals surface area contributed by atoms with Gasteiger partial charge in [0, 0.05) is 24.8 Å². The van der Waals surface area contributed by atoms with Gasteiger partial charge in [0.1, 0.15) is 0 Å². The van der Waals surface area contributed by atoms with Crippen molar-refractivity contribution in [3.8, 4) is 0 Å². The quantitative estimate of drug-likeness (QED) is 0.668. The maximum absolute atomic E-state index is 12.8. The van der Waals surface area contributed by atoms with Crippen LogP contribution >= 0.6 is 0 Å². The molecule has 0 aromatic carbocycles. The molecule has 2 aromatic heterocycles. The molecule has 0 aliphatic carbocycles. The van der Waals surface area contributed by atoms with Crippen molar-refractivity contribution in [2.75, 3.05) is 0 Å². The van der Waals surface area contributed by atoms with Crippen LogP contribution in [-0.2, 0) is 6.18 Å². The van der Waals surface area contributed by atoms with Gasteiger partial charge in [0.2, 0.25) is 0 Å². The van der Waals surface area contributed by atoms with Crippen molar-refractivity contribution < 1.29 is 18.0 Å². The van der Waals surface area contributed by atoms with Crippen LogP contribution in [0.15, 0.2) is 41.9 Å². The zero-order chi connectivity index (χ0) is 15.5. The number of amides is 1. The Morgan fingerprint density at radius 2 is 1.86 bits per heavy atom. The predicted octanol–water partition coefficient (Wildman–Crippen LogP) is 1.44. The Morgan fingerprint density at radius 3 is 2.48 bits per heavy atom. The molecule has 0 unspecified atom stereocenters. The van der Waals surface area contributed by atoms with E-state index < -0.39 is 23.2 Å². The maximum Gasteiger partial charge on any atom is 0.417 e. The number of amidine groups is 1. The molecule has 108 valence electrons. The molecule has 0 saturated heterocycles. The second kappa shape index (κ2) is 5.65. The van der Waals surface area contributed by atoms with E-state index in [1.54, 1.807) is 0 Å². The van der Waals surface area contributed by atoms with E-state index in [2.05, 4.69) is 19.9 Å². The van der Waals surface area contributed by atoms with Crippen molar-refractivity contribution in [2.24, 2.45) is 10.7 Å². The highest BCUT2D eigenvalue weighted by Crippen LogP contribution is 2.31. The highest BCUT2D eigenvalue weighted by molar-refractivity contribution is 6.07. The van der Waals surface area contributed by atoms with E-state index in [-0.39, 0.29) is 11.7 Å². The highest BCUT2D eigenvalue weighted by Gasteiger charge is 2.35. The first kappa shape index (κ1) is 14.6. The smallest absolute Gasteiger partial charge is 0.380 e. The summed E-state index contributed by atoms with van der Waals surface area (Å²) in [6, 6.07) is 2.21. The van der Waals surface area contributed by atoms with Crippen LogP contribution in [0.5, 0.6) is 0 Å². The molecule has 0 radical (unpaired) electrons. The van der Waals surface area contributed by atoms with Gasteiger partial charge in [0.15, 0.2) is 11.7 Å². The monoisotopic (exact) mass is 295 g/mol. The number of carbonyl (C=O) groups is 1. The van der Waals surface area contributed by atoms with E-state index in [1.165, 1.54) is 18.5 Å². The lowest BCUT2D eigenvalue weighted by molar-refractivity contribution is -0.138. The van der Waals surface area contributed by atoms with Gasteiger partial charge >= 0.3 is 6.18 Å². The Bertz CT molecular complexity index is 685. The van der Waals surface area contributed by atoms with Crippen molar-refractivity contribution >= 4 is 11.7 Å². The molecular weight excluding hydrogens is 287 g/mol. The Balaban J connectivity index is 2.38.